The van der Waals surface area contributed by atoms with Crippen molar-refractivity contribution in [1.82, 2.24) is 20.7 Å². The number of hydrogen-bond donors (Lipinski definition) is 3. The Morgan fingerprint density at radius 3 is 2.56 bits per heavy atom. The fraction of sp³-hybridized carbons (Fsp3) is 0.478. The van der Waals surface area contributed by atoms with Crippen LogP contribution >= 0.6 is 0 Å². The number of aromatic nitrogens is 1. The average molecular weight is 475 g/mol. The van der Waals surface area contributed by atoms with Gasteiger partial charge in [-0.3, -0.25) is 14.5 Å². The lowest BCUT2D eigenvalue weighted by Crippen LogP contribution is -2.53. The van der Waals surface area contributed by atoms with Crippen LogP contribution in [0.4, 0.5) is 0 Å². The topological polar surface area (TPSA) is 143 Å². The predicted molar refractivity (Wildman–Crippen MR) is 120 cm³/mol. The number of aryl methyl sites for hydroxylation is 1. The normalized spacial score (nSPS) is 15.9. The number of hydrogen-bond acceptors (Lipinski definition) is 8. The first kappa shape index (κ1) is 25.3. The lowest BCUT2D eigenvalue weighted by Gasteiger charge is -2.25. The van der Waals surface area contributed by atoms with Crippen molar-refractivity contribution >= 4 is 17.8 Å². The van der Waals surface area contributed by atoms with E-state index >= 15 is 0 Å². The molecule has 0 spiro atoms. The highest BCUT2D eigenvalue weighted by atomic mass is 16.5. The van der Waals surface area contributed by atoms with Crippen LogP contribution in [0.2, 0.25) is 0 Å². The molecule has 3 rings (SSSR count). The Hall–Kier alpha value is -3.28. The Bertz CT molecular complexity index is 944. The molecule has 2 aromatic rings. The minimum atomic E-state index is -1.24. The van der Waals surface area contributed by atoms with E-state index in [2.05, 4.69) is 20.7 Å². The molecule has 0 saturated carbocycles. The second-order valence-electron chi connectivity index (χ2n) is 7.97. The molecule has 184 valence electrons. The van der Waals surface area contributed by atoms with E-state index in [9.17, 15) is 19.5 Å². The summed E-state index contributed by atoms with van der Waals surface area (Å²) in [6.45, 7) is 3.10. The number of methoxy groups -OCH3 is 1. The zero-order valence-electron chi connectivity index (χ0n) is 19.1. The number of carboxylic acids is 1. The summed E-state index contributed by atoms with van der Waals surface area (Å²) in [5.41, 5.74) is 1.03. The zero-order valence-corrected chi connectivity index (χ0v) is 19.1. The molecular weight excluding hydrogens is 444 g/mol. The Kier molecular flexibility index (Phi) is 9.56. The van der Waals surface area contributed by atoms with Gasteiger partial charge in [0.25, 0.3) is 5.91 Å². The van der Waals surface area contributed by atoms with E-state index in [1.165, 1.54) is 7.11 Å². The van der Waals surface area contributed by atoms with Gasteiger partial charge in [0, 0.05) is 26.3 Å². The summed E-state index contributed by atoms with van der Waals surface area (Å²) >= 11 is 0. The van der Waals surface area contributed by atoms with Gasteiger partial charge in [-0.1, -0.05) is 35.5 Å². The van der Waals surface area contributed by atoms with Crippen LogP contribution in [-0.2, 0) is 32.0 Å². The van der Waals surface area contributed by atoms with E-state index in [0.29, 0.717) is 31.9 Å². The fourth-order valence-corrected chi connectivity index (χ4v) is 3.54. The standard InChI is InChI=1S/C23H30N4O7/c1-32-15-20(23(30)31)25-21(28)18(8-7-16-5-3-2-4-6-16)24-22(29)19-13-17(34-26-19)14-27-9-11-33-12-10-27/h2-6,13,18,20H,7-12,14-15H2,1H3,(H,24,29)(H,25,28)(H,30,31)/t18-,20-/m0/s1. The number of carbonyl (C=O) groups is 3. The summed E-state index contributed by atoms with van der Waals surface area (Å²) in [5.74, 6) is -1.90. The monoisotopic (exact) mass is 474 g/mol. The maximum absolute atomic E-state index is 12.9. The number of carboxylic acid groups (broad SMARTS) is 1. The van der Waals surface area contributed by atoms with Gasteiger partial charge in [-0.05, 0) is 18.4 Å². The lowest BCUT2D eigenvalue weighted by atomic mass is 10.0. The molecule has 2 amide bonds. The number of amides is 2. The number of nitrogens with zero attached hydrogens (tertiary/aromatic N) is 2. The number of rotatable bonds is 12. The SMILES string of the molecule is COC[C@H](NC(=O)[C@H](CCc1ccccc1)NC(=O)c1cc(CN2CCOCC2)on1)C(=O)O. The van der Waals surface area contributed by atoms with Crippen LogP contribution in [0, 0.1) is 0 Å². The molecule has 0 radical (unpaired) electrons. The van der Waals surface area contributed by atoms with Crippen LogP contribution < -0.4 is 10.6 Å². The molecule has 1 aromatic heterocycles. The minimum absolute atomic E-state index is 0.0486. The quantitative estimate of drug-likeness (QED) is 0.399. The molecule has 1 aliphatic heterocycles. The molecule has 3 N–H and O–H groups in total. The van der Waals surface area contributed by atoms with Gasteiger partial charge in [0.1, 0.15) is 6.04 Å². The predicted octanol–water partition coefficient (Wildman–Crippen LogP) is 0.454. The first-order chi connectivity index (χ1) is 16.5. The van der Waals surface area contributed by atoms with Gasteiger partial charge in [0.15, 0.2) is 17.5 Å². The number of ether oxygens (including phenoxy) is 2. The molecule has 2 atom stereocenters. The zero-order chi connectivity index (χ0) is 24.3. The minimum Gasteiger partial charge on any atom is -0.480 e. The van der Waals surface area contributed by atoms with E-state index in [1.807, 2.05) is 30.3 Å². The highest BCUT2D eigenvalue weighted by Gasteiger charge is 2.28. The first-order valence-corrected chi connectivity index (χ1v) is 11.1. The number of morpholine rings is 1. The molecule has 0 aliphatic carbocycles. The second kappa shape index (κ2) is 12.8. The second-order valence-corrected chi connectivity index (χ2v) is 7.97. The summed E-state index contributed by atoms with van der Waals surface area (Å²) in [4.78, 5) is 39.3. The van der Waals surface area contributed by atoms with Crippen molar-refractivity contribution < 1.29 is 33.5 Å². The molecule has 2 heterocycles. The van der Waals surface area contributed by atoms with Crippen molar-refractivity contribution in [2.75, 3.05) is 40.0 Å². The third kappa shape index (κ3) is 7.65. The van der Waals surface area contributed by atoms with Gasteiger partial charge < -0.3 is 29.7 Å². The van der Waals surface area contributed by atoms with Crippen LogP contribution in [0.3, 0.4) is 0 Å². The third-order valence-corrected chi connectivity index (χ3v) is 5.41. The van der Waals surface area contributed by atoms with Crippen molar-refractivity contribution in [3.05, 3.63) is 53.4 Å². The molecule has 0 bridgehead atoms. The van der Waals surface area contributed by atoms with Crippen molar-refractivity contribution in [3.63, 3.8) is 0 Å². The average Bonchev–Trinajstić information content (AvgIpc) is 3.31. The summed E-state index contributed by atoms with van der Waals surface area (Å²) in [6.07, 6.45) is 0.766. The fourth-order valence-electron chi connectivity index (χ4n) is 3.54. The van der Waals surface area contributed by atoms with E-state index in [4.69, 9.17) is 14.0 Å². The van der Waals surface area contributed by atoms with Gasteiger partial charge in [0.05, 0.1) is 26.4 Å². The van der Waals surface area contributed by atoms with Crippen LogP contribution in [-0.4, -0.2) is 85.1 Å². The summed E-state index contributed by atoms with van der Waals surface area (Å²) in [6, 6.07) is 8.81. The first-order valence-electron chi connectivity index (χ1n) is 11.1. The van der Waals surface area contributed by atoms with Crippen molar-refractivity contribution in [1.29, 1.82) is 0 Å². The maximum atomic E-state index is 12.9. The molecule has 0 unspecified atom stereocenters. The van der Waals surface area contributed by atoms with E-state index in [1.54, 1.807) is 6.07 Å². The van der Waals surface area contributed by atoms with Crippen LogP contribution in [0.25, 0.3) is 0 Å². The lowest BCUT2D eigenvalue weighted by molar-refractivity contribution is -0.143. The molecule has 34 heavy (non-hydrogen) atoms. The Morgan fingerprint density at radius 2 is 1.88 bits per heavy atom. The Morgan fingerprint density at radius 1 is 1.15 bits per heavy atom. The van der Waals surface area contributed by atoms with Gasteiger partial charge in [-0.15, -0.1) is 0 Å². The molecule has 11 heteroatoms. The number of benzene rings is 1. The molecular formula is C23H30N4O7. The van der Waals surface area contributed by atoms with Crippen LogP contribution in [0.5, 0.6) is 0 Å². The van der Waals surface area contributed by atoms with E-state index in [-0.39, 0.29) is 18.7 Å². The van der Waals surface area contributed by atoms with Crippen molar-refractivity contribution in [3.8, 4) is 0 Å². The maximum Gasteiger partial charge on any atom is 0.328 e. The smallest absolute Gasteiger partial charge is 0.328 e. The molecule has 1 fully saturated rings. The summed E-state index contributed by atoms with van der Waals surface area (Å²) < 4.78 is 15.5. The highest BCUT2D eigenvalue weighted by Crippen LogP contribution is 2.11. The van der Waals surface area contributed by atoms with Gasteiger partial charge in [0.2, 0.25) is 5.91 Å². The summed E-state index contributed by atoms with van der Waals surface area (Å²) in [7, 11) is 1.34. The van der Waals surface area contributed by atoms with Gasteiger partial charge in [-0.2, -0.15) is 0 Å². The highest BCUT2D eigenvalue weighted by molar-refractivity contribution is 5.96. The van der Waals surface area contributed by atoms with E-state index in [0.717, 1.165) is 18.7 Å². The molecule has 1 saturated heterocycles. The van der Waals surface area contributed by atoms with Crippen LogP contribution in [0.15, 0.2) is 40.9 Å². The summed E-state index contributed by atoms with van der Waals surface area (Å²) in [5, 5.41) is 18.3. The Labute approximate surface area is 197 Å². The van der Waals surface area contributed by atoms with Crippen molar-refractivity contribution in [2.24, 2.45) is 0 Å². The number of nitrogens with one attached hydrogen (secondary N) is 2. The van der Waals surface area contributed by atoms with Gasteiger partial charge in [-0.25, -0.2) is 4.79 Å². The largest absolute Gasteiger partial charge is 0.480 e. The Balaban J connectivity index is 1.66. The van der Waals surface area contributed by atoms with Gasteiger partial charge >= 0.3 is 5.97 Å². The van der Waals surface area contributed by atoms with Crippen molar-refractivity contribution in [2.45, 2.75) is 31.5 Å². The van der Waals surface area contributed by atoms with E-state index < -0.39 is 29.9 Å². The number of carbonyl (C=O) groups excluding carboxylic acids is 2. The molecule has 1 aliphatic rings. The molecule has 1 aromatic carbocycles. The third-order valence-electron chi connectivity index (χ3n) is 5.41. The number of aliphatic carboxylic acids is 1. The van der Waals surface area contributed by atoms with Crippen LogP contribution in [0.1, 0.15) is 28.2 Å². The molecule has 11 nitrogen and oxygen atoms in total.